The lowest BCUT2D eigenvalue weighted by molar-refractivity contribution is 0.0507. The molecular weight excluding hydrogens is 320 g/mol. The first-order valence-electron chi connectivity index (χ1n) is 8.31. The molecule has 0 saturated heterocycles. The van der Waals surface area contributed by atoms with Crippen LogP contribution in [0.2, 0.25) is 0 Å². The first-order valence-corrected chi connectivity index (χ1v) is 8.31. The Balaban J connectivity index is 1.71. The molecule has 3 atom stereocenters. The third kappa shape index (κ3) is 3.94. The Morgan fingerprint density at radius 2 is 2.08 bits per heavy atom. The monoisotopic (exact) mass is 342 g/mol. The fraction of sp³-hybridized carbons (Fsp3) is 0.389. The van der Waals surface area contributed by atoms with E-state index in [0.717, 1.165) is 12.8 Å². The molecule has 3 rings (SSSR count). The molecule has 25 heavy (non-hydrogen) atoms. The highest BCUT2D eigenvalue weighted by Gasteiger charge is 2.29. The minimum absolute atomic E-state index is 0.0648. The number of amides is 1. The number of hydrogen-bond acceptors (Lipinski definition) is 5. The van der Waals surface area contributed by atoms with Crippen molar-refractivity contribution in [3.8, 4) is 5.69 Å². The maximum Gasteiger partial charge on any atom is 0.273 e. The van der Waals surface area contributed by atoms with Crippen LogP contribution >= 0.6 is 0 Å². The Kier molecular flexibility index (Phi) is 5.25. The number of benzene rings is 1. The maximum atomic E-state index is 12.5. The van der Waals surface area contributed by atoms with E-state index < -0.39 is 0 Å². The average Bonchev–Trinajstić information content (AvgIpc) is 2.64. The van der Waals surface area contributed by atoms with Crippen LogP contribution in [-0.4, -0.2) is 40.8 Å². The number of carbonyl (C=O) groups is 1. The highest BCUT2D eigenvalue weighted by atomic mass is 16.5. The van der Waals surface area contributed by atoms with E-state index in [9.17, 15) is 9.59 Å². The molecule has 0 radical (unpaired) electrons. The van der Waals surface area contributed by atoms with E-state index in [2.05, 4.69) is 10.3 Å². The molecule has 132 valence electrons. The van der Waals surface area contributed by atoms with Crippen molar-refractivity contribution in [2.24, 2.45) is 5.73 Å². The summed E-state index contributed by atoms with van der Waals surface area (Å²) >= 11 is 0. The van der Waals surface area contributed by atoms with Gasteiger partial charge in [-0.05, 0) is 43.5 Å². The van der Waals surface area contributed by atoms with Crippen LogP contribution in [0.3, 0.4) is 0 Å². The second kappa shape index (κ2) is 7.58. The summed E-state index contributed by atoms with van der Waals surface area (Å²) in [6.45, 7) is 0. The molecule has 0 spiro atoms. The van der Waals surface area contributed by atoms with Crippen molar-refractivity contribution in [3.63, 3.8) is 0 Å². The average molecular weight is 342 g/mol. The molecule has 3 unspecified atom stereocenters. The van der Waals surface area contributed by atoms with Gasteiger partial charge in [-0.15, -0.1) is 0 Å². The van der Waals surface area contributed by atoms with Crippen LogP contribution in [0.5, 0.6) is 0 Å². The molecule has 7 nitrogen and oxygen atoms in total. The van der Waals surface area contributed by atoms with E-state index in [1.807, 2.05) is 0 Å². The van der Waals surface area contributed by atoms with Crippen molar-refractivity contribution in [1.82, 2.24) is 14.9 Å². The van der Waals surface area contributed by atoms with Crippen molar-refractivity contribution in [1.29, 1.82) is 0 Å². The van der Waals surface area contributed by atoms with Gasteiger partial charge in [-0.1, -0.05) is 0 Å². The summed E-state index contributed by atoms with van der Waals surface area (Å²) in [5.74, 6) is -0.175. The molecule has 1 saturated carbocycles. The number of hydrogen-bond donors (Lipinski definition) is 2. The largest absolute Gasteiger partial charge is 0.381 e. The van der Waals surface area contributed by atoms with Crippen molar-refractivity contribution in [2.45, 2.75) is 37.5 Å². The molecule has 1 amide bonds. The number of ether oxygens (including phenoxy) is 1. The van der Waals surface area contributed by atoms with Crippen LogP contribution in [0.15, 0.2) is 47.7 Å². The van der Waals surface area contributed by atoms with Crippen molar-refractivity contribution in [2.75, 3.05) is 7.11 Å². The highest BCUT2D eigenvalue weighted by Crippen LogP contribution is 2.20. The van der Waals surface area contributed by atoms with Gasteiger partial charge in [-0.3, -0.25) is 19.1 Å². The summed E-state index contributed by atoms with van der Waals surface area (Å²) in [6, 6.07) is 6.68. The zero-order valence-corrected chi connectivity index (χ0v) is 14.1. The van der Waals surface area contributed by atoms with Crippen LogP contribution in [0, 0.1) is 0 Å². The van der Waals surface area contributed by atoms with Gasteiger partial charge < -0.3 is 15.8 Å². The van der Waals surface area contributed by atoms with Gasteiger partial charge in [0.05, 0.1) is 12.3 Å². The van der Waals surface area contributed by atoms with Crippen molar-refractivity contribution < 1.29 is 9.53 Å². The van der Waals surface area contributed by atoms with Crippen LogP contribution in [0.25, 0.3) is 5.69 Å². The lowest BCUT2D eigenvalue weighted by Gasteiger charge is -2.33. The predicted octanol–water partition coefficient (Wildman–Crippen LogP) is 0.857. The summed E-state index contributed by atoms with van der Waals surface area (Å²) in [6.07, 6.45) is 6.96. The third-order valence-electron chi connectivity index (χ3n) is 4.64. The Bertz CT molecular complexity index is 787. The van der Waals surface area contributed by atoms with E-state index in [4.69, 9.17) is 10.5 Å². The van der Waals surface area contributed by atoms with E-state index in [0.29, 0.717) is 17.7 Å². The molecule has 1 aliphatic rings. The van der Waals surface area contributed by atoms with Gasteiger partial charge in [0.25, 0.3) is 11.5 Å². The molecule has 1 aromatic heterocycles. The van der Waals surface area contributed by atoms with Gasteiger partial charge in [0.15, 0.2) is 0 Å². The Hall–Kier alpha value is -2.51. The molecule has 1 aliphatic carbocycles. The summed E-state index contributed by atoms with van der Waals surface area (Å²) in [7, 11) is 1.68. The summed E-state index contributed by atoms with van der Waals surface area (Å²) in [5.41, 5.74) is 7.11. The van der Waals surface area contributed by atoms with Crippen LogP contribution < -0.4 is 16.6 Å². The fourth-order valence-corrected chi connectivity index (χ4v) is 3.12. The number of nitrogens with zero attached hydrogens (tertiary/aromatic N) is 2. The minimum Gasteiger partial charge on any atom is -0.381 e. The van der Waals surface area contributed by atoms with E-state index in [1.165, 1.54) is 10.8 Å². The van der Waals surface area contributed by atoms with Crippen molar-refractivity contribution >= 4 is 5.91 Å². The Morgan fingerprint density at radius 3 is 2.76 bits per heavy atom. The van der Waals surface area contributed by atoms with E-state index >= 15 is 0 Å². The van der Waals surface area contributed by atoms with Gasteiger partial charge in [0.2, 0.25) is 0 Å². The first-order chi connectivity index (χ1) is 12.1. The third-order valence-corrected chi connectivity index (χ3v) is 4.64. The molecule has 3 N–H and O–H groups in total. The fourth-order valence-electron chi connectivity index (χ4n) is 3.12. The second-order valence-corrected chi connectivity index (χ2v) is 6.25. The first kappa shape index (κ1) is 17.3. The SMILES string of the molecule is COC1CCC(N)C(NC(=O)c2ccc(-n3ccncc3=O)cc2)C1. The standard InChI is InChI=1S/C18H22N4O3/c1-25-14-6-7-15(19)16(10-14)21-18(24)12-2-4-13(5-3-12)22-9-8-20-11-17(22)23/h2-5,8-9,11,14-16H,6-7,10,19H2,1H3,(H,21,24). The number of carbonyl (C=O) groups excluding carboxylic acids is 1. The maximum absolute atomic E-state index is 12.5. The zero-order chi connectivity index (χ0) is 17.8. The molecule has 0 bridgehead atoms. The Labute approximate surface area is 145 Å². The normalized spacial score (nSPS) is 23.2. The molecule has 1 aromatic carbocycles. The molecule has 1 heterocycles. The molecule has 1 fully saturated rings. The second-order valence-electron chi connectivity index (χ2n) is 6.25. The summed E-state index contributed by atoms with van der Waals surface area (Å²) in [5, 5.41) is 3.00. The Morgan fingerprint density at radius 1 is 1.32 bits per heavy atom. The molecular formula is C18H22N4O3. The lowest BCUT2D eigenvalue weighted by atomic mass is 9.88. The van der Waals surface area contributed by atoms with Gasteiger partial charge >= 0.3 is 0 Å². The highest BCUT2D eigenvalue weighted by molar-refractivity contribution is 5.94. The molecule has 7 heteroatoms. The predicted molar refractivity (Wildman–Crippen MR) is 93.7 cm³/mol. The summed E-state index contributed by atoms with van der Waals surface area (Å²) < 4.78 is 6.86. The molecule has 2 aromatic rings. The quantitative estimate of drug-likeness (QED) is 0.858. The van der Waals surface area contributed by atoms with Crippen molar-refractivity contribution in [3.05, 3.63) is 58.8 Å². The van der Waals surface area contributed by atoms with E-state index in [1.54, 1.807) is 43.8 Å². The summed E-state index contributed by atoms with van der Waals surface area (Å²) in [4.78, 5) is 28.1. The topological polar surface area (TPSA) is 99.2 Å². The number of nitrogens with one attached hydrogen (secondary N) is 1. The lowest BCUT2D eigenvalue weighted by Crippen LogP contribution is -2.52. The van der Waals surface area contributed by atoms with Gasteiger partial charge in [0, 0.05) is 42.8 Å². The minimum atomic E-state index is -0.224. The van der Waals surface area contributed by atoms with Gasteiger partial charge in [-0.25, -0.2) is 0 Å². The number of rotatable bonds is 4. The van der Waals surface area contributed by atoms with Crippen LogP contribution in [0.1, 0.15) is 29.6 Å². The van der Waals surface area contributed by atoms with Gasteiger partial charge in [-0.2, -0.15) is 0 Å². The zero-order valence-electron chi connectivity index (χ0n) is 14.1. The number of methoxy groups -OCH3 is 1. The van der Waals surface area contributed by atoms with E-state index in [-0.39, 0.29) is 29.7 Å². The number of aromatic nitrogens is 2. The smallest absolute Gasteiger partial charge is 0.273 e. The van der Waals surface area contributed by atoms with Crippen LogP contribution in [-0.2, 0) is 4.74 Å². The molecule has 0 aliphatic heterocycles. The van der Waals surface area contributed by atoms with Gasteiger partial charge in [0.1, 0.15) is 0 Å². The number of nitrogens with two attached hydrogens (primary N) is 1. The van der Waals surface area contributed by atoms with Crippen LogP contribution in [0.4, 0.5) is 0 Å².